The van der Waals surface area contributed by atoms with E-state index in [1.807, 2.05) is 34.8 Å². The molecule has 0 amide bonds. The van der Waals surface area contributed by atoms with Crippen LogP contribution in [0.4, 0.5) is 17.1 Å². The molecule has 8 aromatic carbocycles. The lowest BCUT2D eigenvalue weighted by molar-refractivity contribution is 0.669. The molecule has 0 bridgehead atoms. The fraction of sp³-hybridized carbons (Fsp3) is 0. The summed E-state index contributed by atoms with van der Waals surface area (Å²) >= 11 is 3.72. The van der Waals surface area contributed by atoms with Crippen molar-refractivity contribution in [2.45, 2.75) is 0 Å². The normalized spacial score (nSPS) is 11.8. The fourth-order valence-corrected chi connectivity index (χ4v) is 10.0. The maximum atomic E-state index is 6.36. The highest BCUT2D eigenvalue weighted by atomic mass is 32.1. The van der Waals surface area contributed by atoms with Crippen molar-refractivity contribution in [3.63, 3.8) is 0 Å². The minimum Gasteiger partial charge on any atom is -0.456 e. The summed E-state index contributed by atoms with van der Waals surface area (Å²) in [4.78, 5) is 2.36. The number of thiophene rings is 2. The van der Waals surface area contributed by atoms with Gasteiger partial charge in [-0.3, -0.25) is 0 Å². The maximum absolute atomic E-state index is 6.36. The van der Waals surface area contributed by atoms with Crippen molar-refractivity contribution in [2.24, 2.45) is 0 Å². The van der Waals surface area contributed by atoms with E-state index in [0.717, 1.165) is 39.0 Å². The second-order valence-electron chi connectivity index (χ2n) is 13.3. The minimum absolute atomic E-state index is 0.880. The second-order valence-corrected chi connectivity index (χ2v) is 15.5. The van der Waals surface area contributed by atoms with Crippen LogP contribution in [-0.2, 0) is 0 Å². The SMILES string of the molecule is c1ccc2c(c1)oc1cccc(N(c3ccc(-c4ccc5c(c4)sc4ccccc45)cc3)c3ccc(-c4ccc5sc6ccccc6c5c4)cc3)c12. The lowest BCUT2D eigenvalue weighted by atomic mass is 10.0. The zero-order chi connectivity index (χ0) is 34.2. The number of hydrogen-bond acceptors (Lipinski definition) is 4. The van der Waals surface area contributed by atoms with Gasteiger partial charge in [-0.25, -0.2) is 0 Å². The first kappa shape index (κ1) is 29.5. The first-order valence-electron chi connectivity index (χ1n) is 17.5. The summed E-state index contributed by atoms with van der Waals surface area (Å²) in [6.45, 7) is 0. The van der Waals surface area contributed by atoms with E-state index in [1.54, 1.807) is 0 Å². The number of nitrogens with zero attached hydrogens (tertiary/aromatic N) is 1. The highest BCUT2D eigenvalue weighted by Gasteiger charge is 2.20. The van der Waals surface area contributed by atoms with Gasteiger partial charge >= 0.3 is 0 Å². The topological polar surface area (TPSA) is 16.4 Å². The number of para-hydroxylation sites is 1. The average molecular weight is 700 g/mol. The lowest BCUT2D eigenvalue weighted by Crippen LogP contribution is -2.10. The Labute approximate surface area is 308 Å². The van der Waals surface area contributed by atoms with Crippen molar-refractivity contribution in [2.75, 3.05) is 4.90 Å². The zero-order valence-corrected chi connectivity index (χ0v) is 29.5. The Morgan fingerprint density at radius 1 is 0.346 bits per heavy atom. The van der Waals surface area contributed by atoms with Crippen molar-refractivity contribution < 1.29 is 4.42 Å². The van der Waals surface area contributed by atoms with Gasteiger partial charge in [0.1, 0.15) is 11.2 Å². The summed E-state index contributed by atoms with van der Waals surface area (Å²) in [5.74, 6) is 0. The molecule has 0 aliphatic heterocycles. The van der Waals surface area contributed by atoms with Crippen LogP contribution in [0.3, 0.4) is 0 Å². The first-order valence-corrected chi connectivity index (χ1v) is 19.1. The molecule has 0 fully saturated rings. The van der Waals surface area contributed by atoms with E-state index in [0.29, 0.717) is 0 Å². The minimum atomic E-state index is 0.880. The molecule has 11 aromatic rings. The molecule has 0 aliphatic rings. The van der Waals surface area contributed by atoms with E-state index >= 15 is 0 Å². The first-order chi connectivity index (χ1) is 25.7. The smallest absolute Gasteiger partial charge is 0.137 e. The summed E-state index contributed by atoms with van der Waals surface area (Å²) < 4.78 is 11.6. The molecule has 0 radical (unpaired) electrons. The Hall–Kier alpha value is -6.20. The van der Waals surface area contributed by atoms with Crippen molar-refractivity contribution in [3.8, 4) is 22.3 Å². The van der Waals surface area contributed by atoms with Gasteiger partial charge in [0.2, 0.25) is 0 Å². The summed E-state index contributed by atoms with van der Waals surface area (Å²) in [6.07, 6.45) is 0. The zero-order valence-electron chi connectivity index (χ0n) is 27.9. The average Bonchev–Trinajstić information content (AvgIpc) is 3.89. The number of anilines is 3. The van der Waals surface area contributed by atoms with Crippen molar-refractivity contribution in [3.05, 3.63) is 176 Å². The Bertz CT molecular complexity index is 3130. The van der Waals surface area contributed by atoms with Gasteiger partial charge in [-0.05, 0) is 95.1 Å². The summed E-state index contributed by atoms with van der Waals surface area (Å²) in [7, 11) is 0. The predicted molar refractivity (Wildman–Crippen MR) is 225 cm³/mol. The van der Waals surface area contributed by atoms with Crippen molar-refractivity contribution in [1.29, 1.82) is 0 Å². The molecule has 4 heteroatoms. The molecule has 0 N–H and O–H groups in total. The van der Waals surface area contributed by atoms with Gasteiger partial charge in [0, 0.05) is 57.1 Å². The molecular formula is C48H29NOS2. The number of benzene rings is 8. The molecule has 3 heterocycles. The second kappa shape index (κ2) is 11.7. The fourth-order valence-electron chi connectivity index (χ4n) is 7.79. The molecule has 0 spiro atoms. The third kappa shape index (κ3) is 4.69. The van der Waals surface area contributed by atoms with Crippen LogP contribution in [-0.4, -0.2) is 0 Å². The molecule has 0 saturated heterocycles. The van der Waals surface area contributed by atoms with E-state index < -0.39 is 0 Å². The van der Waals surface area contributed by atoms with Crippen molar-refractivity contribution >= 4 is 102 Å². The van der Waals surface area contributed by atoms with Crippen LogP contribution in [0.1, 0.15) is 0 Å². The largest absolute Gasteiger partial charge is 0.456 e. The van der Waals surface area contributed by atoms with E-state index in [9.17, 15) is 0 Å². The Morgan fingerprint density at radius 3 is 1.60 bits per heavy atom. The highest BCUT2D eigenvalue weighted by molar-refractivity contribution is 7.26. The molecule has 244 valence electrons. The molecular weight excluding hydrogens is 671 g/mol. The van der Waals surface area contributed by atoms with Crippen LogP contribution >= 0.6 is 22.7 Å². The molecule has 2 nitrogen and oxygen atoms in total. The number of fused-ring (bicyclic) bond motifs is 9. The van der Waals surface area contributed by atoms with Gasteiger partial charge in [0.05, 0.1) is 11.1 Å². The highest BCUT2D eigenvalue weighted by Crippen LogP contribution is 2.44. The van der Waals surface area contributed by atoms with Gasteiger partial charge in [0.15, 0.2) is 0 Å². The van der Waals surface area contributed by atoms with Gasteiger partial charge in [-0.15, -0.1) is 22.7 Å². The van der Waals surface area contributed by atoms with Gasteiger partial charge in [-0.2, -0.15) is 0 Å². The van der Waals surface area contributed by atoms with Crippen LogP contribution in [0.25, 0.3) is 84.5 Å². The number of rotatable bonds is 5. The van der Waals surface area contributed by atoms with Crippen LogP contribution in [0.15, 0.2) is 180 Å². The standard InChI is InChI=1S/C48H29NOS2/c1-4-12-42-39(10-1)48-41(11-7-13-43(48)50-42)49(34-22-16-30(17-23-34)32-21-27-46-40(28-32)37-9-3-6-15-45(37)51-46)35-24-18-31(19-25-35)33-20-26-38-36-8-2-5-14-44(36)52-47(38)29-33/h1-29H. The maximum Gasteiger partial charge on any atom is 0.137 e. The molecule has 0 unspecified atom stereocenters. The number of hydrogen-bond donors (Lipinski definition) is 0. The third-order valence-corrected chi connectivity index (χ3v) is 12.6. The quantitative estimate of drug-likeness (QED) is 0.178. The van der Waals surface area contributed by atoms with Crippen LogP contribution in [0.2, 0.25) is 0 Å². The van der Waals surface area contributed by atoms with Gasteiger partial charge < -0.3 is 9.32 Å². The van der Waals surface area contributed by atoms with E-state index in [2.05, 4.69) is 169 Å². The van der Waals surface area contributed by atoms with E-state index in [1.165, 1.54) is 62.6 Å². The summed E-state index contributed by atoms with van der Waals surface area (Å²) in [6, 6.07) is 63.7. The summed E-state index contributed by atoms with van der Waals surface area (Å²) in [5.41, 5.74) is 9.86. The molecule has 0 atom stereocenters. The lowest BCUT2D eigenvalue weighted by Gasteiger charge is -2.26. The Balaban J connectivity index is 1.03. The summed E-state index contributed by atoms with van der Waals surface area (Å²) in [5, 5.41) is 7.50. The van der Waals surface area contributed by atoms with Crippen LogP contribution < -0.4 is 4.90 Å². The van der Waals surface area contributed by atoms with E-state index in [-0.39, 0.29) is 0 Å². The van der Waals surface area contributed by atoms with Gasteiger partial charge in [-0.1, -0.05) is 103 Å². The third-order valence-electron chi connectivity index (χ3n) is 10.3. The van der Waals surface area contributed by atoms with Crippen LogP contribution in [0, 0.1) is 0 Å². The van der Waals surface area contributed by atoms with Gasteiger partial charge in [0.25, 0.3) is 0 Å². The molecule has 0 saturated carbocycles. The van der Waals surface area contributed by atoms with Crippen molar-refractivity contribution in [1.82, 2.24) is 0 Å². The predicted octanol–water partition coefficient (Wildman–Crippen LogP) is 15.1. The molecule has 52 heavy (non-hydrogen) atoms. The number of furan rings is 1. The van der Waals surface area contributed by atoms with E-state index in [4.69, 9.17) is 4.42 Å². The monoisotopic (exact) mass is 699 g/mol. The Morgan fingerprint density at radius 2 is 0.865 bits per heavy atom. The van der Waals surface area contributed by atoms with Crippen LogP contribution in [0.5, 0.6) is 0 Å². The molecule has 11 rings (SSSR count). The molecule has 3 aromatic heterocycles. The molecule has 0 aliphatic carbocycles. The Kier molecular flexibility index (Phi) is 6.63.